The van der Waals surface area contributed by atoms with E-state index in [1.807, 2.05) is 0 Å². The fourth-order valence-electron chi connectivity index (χ4n) is 1.03. The van der Waals surface area contributed by atoms with Crippen molar-refractivity contribution in [1.82, 2.24) is 0 Å². The Morgan fingerprint density at radius 1 is 1.50 bits per heavy atom. The van der Waals surface area contributed by atoms with Gasteiger partial charge in [-0.1, -0.05) is 20.8 Å². The minimum Gasteiger partial charge on any atom is -0.350 e. The van der Waals surface area contributed by atoms with Crippen LogP contribution in [0.2, 0.25) is 0 Å². The second kappa shape index (κ2) is 3.35. The standard InChI is InChI=1S/C8H16O2/c1-4-7-5-9-8(10-7)6(2)3/h6-8H,4-5H2,1-3H3. The van der Waals surface area contributed by atoms with Crippen molar-refractivity contribution >= 4 is 0 Å². The van der Waals surface area contributed by atoms with Crippen LogP contribution in [0.5, 0.6) is 0 Å². The van der Waals surface area contributed by atoms with Gasteiger partial charge in [0, 0.05) is 5.92 Å². The average Bonchev–Trinajstić information content (AvgIpc) is 2.34. The van der Waals surface area contributed by atoms with Gasteiger partial charge in [-0.25, -0.2) is 0 Å². The van der Waals surface area contributed by atoms with Crippen LogP contribution in [0, 0.1) is 5.92 Å². The smallest absolute Gasteiger partial charge is 0.160 e. The topological polar surface area (TPSA) is 18.5 Å². The Labute approximate surface area is 62.5 Å². The molecule has 0 spiro atoms. The molecule has 1 aliphatic heterocycles. The molecular formula is C8H16O2. The van der Waals surface area contributed by atoms with Crippen molar-refractivity contribution in [3.05, 3.63) is 0 Å². The van der Waals surface area contributed by atoms with Crippen molar-refractivity contribution in [2.45, 2.75) is 39.6 Å². The first kappa shape index (κ1) is 8.02. The zero-order valence-electron chi connectivity index (χ0n) is 6.96. The van der Waals surface area contributed by atoms with Crippen molar-refractivity contribution < 1.29 is 9.47 Å². The summed E-state index contributed by atoms with van der Waals surface area (Å²) in [5, 5.41) is 0. The Kier molecular flexibility index (Phi) is 2.69. The quantitative estimate of drug-likeness (QED) is 0.588. The molecule has 2 atom stereocenters. The third-order valence-corrected chi connectivity index (χ3v) is 1.77. The highest BCUT2D eigenvalue weighted by atomic mass is 16.7. The lowest BCUT2D eigenvalue weighted by Crippen LogP contribution is -2.17. The Balaban J connectivity index is 2.28. The highest BCUT2D eigenvalue weighted by Crippen LogP contribution is 2.19. The summed E-state index contributed by atoms with van der Waals surface area (Å²) in [6.07, 6.45) is 1.45. The minimum atomic E-state index is 0.0462. The van der Waals surface area contributed by atoms with Crippen LogP contribution in [0.15, 0.2) is 0 Å². The van der Waals surface area contributed by atoms with Crippen molar-refractivity contribution in [2.75, 3.05) is 6.61 Å². The maximum atomic E-state index is 5.55. The summed E-state index contributed by atoms with van der Waals surface area (Å²) in [5.74, 6) is 0.483. The van der Waals surface area contributed by atoms with E-state index in [0.717, 1.165) is 13.0 Å². The molecule has 0 saturated carbocycles. The molecular weight excluding hydrogens is 128 g/mol. The highest BCUT2D eigenvalue weighted by Gasteiger charge is 2.26. The van der Waals surface area contributed by atoms with Crippen LogP contribution in [-0.2, 0) is 9.47 Å². The molecule has 0 N–H and O–H groups in total. The Morgan fingerprint density at radius 3 is 2.50 bits per heavy atom. The predicted octanol–water partition coefficient (Wildman–Crippen LogP) is 1.79. The van der Waals surface area contributed by atoms with E-state index in [-0.39, 0.29) is 6.29 Å². The van der Waals surface area contributed by atoms with E-state index < -0.39 is 0 Å². The second-order valence-electron chi connectivity index (χ2n) is 3.11. The first-order valence-electron chi connectivity index (χ1n) is 4.01. The van der Waals surface area contributed by atoms with E-state index >= 15 is 0 Å². The summed E-state index contributed by atoms with van der Waals surface area (Å²) >= 11 is 0. The molecule has 10 heavy (non-hydrogen) atoms. The fourth-order valence-corrected chi connectivity index (χ4v) is 1.03. The maximum absolute atomic E-state index is 5.55. The van der Waals surface area contributed by atoms with Gasteiger partial charge >= 0.3 is 0 Å². The van der Waals surface area contributed by atoms with Gasteiger partial charge in [0.05, 0.1) is 12.7 Å². The van der Waals surface area contributed by atoms with Crippen LogP contribution in [-0.4, -0.2) is 19.0 Å². The molecule has 1 heterocycles. The van der Waals surface area contributed by atoms with Crippen molar-refractivity contribution in [3.63, 3.8) is 0 Å². The molecule has 0 bridgehead atoms. The third kappa shape index (κ3) is 1.70. The third-order valence-electron chi connectivity index (χ3n) is 1.77. The van der Waals surface area contributed by atoms with Gasteiger partial charge in [-0.05, 0) is 6.42 Å². The van der Waals surface area contributed by atoms with Gasteiger partial charge in [0.1, 0.15) is 0 Å². The summed E-state index contributed by atoms with van der Waals surface area (Å²) in [4.78, 5) is 0. The maximum Gasteiger partial charge on any atom is 0.160 e. The predicted molar refractivity (Wildman–Crippen MR) is 39.7 cm³/mol. The summed E-state index contributed by atoms with van der Waals surface area (Å²) < 4.78 is 10.9. The van der Waals surface area contributed by atoms with Crippen LogP contribution in [0.1, 0.15) is 27.2 Å². The van der Waals surface area contributed by atoms with Crippen molar-refractivity contribution in [2.24, 2.45) is 5.92 Å². The van der Waals surface area contributed by atoms with Gasteiger partial charge in [0.2, 0.25) is 0 Å². The number of ether oxygens (including phenoxy) is 2. The summed E-state index contributed by atoms with van der Waals surface area (Å²) in [6, 6.07) is 0. The van der Waals surface area contributed by atoms with Crippen LogP contribution in [0.25, 0.3) is 0 Å². The van der Waals surface area contributed by atoms with Crippen LogP contribution in [0.4, 0.5) is 0 Å². The molecule has 1 fully saturated rings. The molecule has 0 aromatic heterocycles. The van der Waals surface area contributed by atoms with Gasteiger partial charge < -0.3 is 9.47 Å². The molecule has 1 rings (SSSR count). The Hall–Kier alpha value is -0.0800. The van der Waals surface area contributed by atoms with E-state index in [2.05, 4.69) is 20.8 Å². The zero-order chi connectivity index (χ0) is 7.56. The molecule has 0 radical (unpaired) electrons. The molecule has 1 saturated heterocycles. The molecule has 0 amide bonds. The lowest BCUT2D eigenvalue weighted by atomic mass is 10.2. The van der Waals surface area contributed by atoms with E-state index in [1.165, 1.54) is 0 Å². The lowest BCUT2D eigenvalue weighted by Gasteiger charge is -2.13. The normalized spacial score (nSPS) is 33.6. The first-order chi connectivity index (χ1) is 4.74. The molecule has 0 aromatic rings. The van der Waals surface area contributed by atoms with Gasteiger partial charge in [0.25, 0.3) is 0 Å². The van der Waals surface area contributed by atoms with Crippen molar-refractivity contribution in [3.8, 4) is 0 Å². The van der Waals surface area contributed by atoms with Crippen molar-refractivity contribution in [1.29, 1.82) is 0 Å². The molecule has 60 valence electrons. The number of hydrogen-bond donors (Lipinski definition) is 0. The van der Waals surface area contributed by atoms with Crippen LogP contribution in [0.3, 0.4) is 0 Å². The Morgan fingerprint density at radius 2 is 2.20 bits per heavy atom. The summed E-state index contributed by atoms with van der Waals surface area (Å²) in [6.45, 7) is 7.13. The van der Waals surface area contributed by atoms with Crippen LogP contribution >= 0.6 is 0 Å². The molecule has 2 heteroatoms. The Bertz CT molecular complexity index is 101. The SMILES string of the molecule is CCC1COC(C(C)C)O1. The minimum absolute atomic E-state index is 0.0462. The summed E-state index contributed by atoms with van der Waals surface area (Å²) in [5.41, 5.74) is 0. The van der Waals surface area contributed by atoms with Gasteiger partial charge in [-0.3, -0.25) is 0 Å². The monoisotopic (exact) mass is 144 g/mol. The number of rotatable bonds is 2. The largest absolute Gasteiger partial charge is 0.350 e. The van der Waals surface area contributed by atoms with Crippen LogP contribution < -0.4 is 0 Å². The van der Waals surface area contributed by atoms with E-state index in [1.54, 1.807) is 0 Å². The highest BCUT2D eigenvalue weighted by molar-refractivity contribution is 4.65. The lowest BCUT2D eigenvalue weighted by molar-refractivity contribution is -0.0873. The summed E-state index contributed by atoms with van der Waals surface area (Å²) in [7, 11) is 0. The van der Waals surface area contributed by atoms with E-state index in [0.29, 0.717) is 12.0 Å². The van der Waals surface area contributed by atoms with Gasteiger partial charge in [-0.2, -0.15) is 0 Å². The van der Waals surface area contributed by atoms with E-state index in [4.69, 9.17) is 9.47 Å². The molecule has 0 aromatic carbocycles. The molecule has 1 aliphatic rings. The first-order valence-corrected chi connectivity index (χ1v) is 4.01. The second-order valence-corrected chi connectivity index (χ2v) is 3.11. The molecule has 2 nitrogen and oxygen atoms in total. The van der Waals surface area contributed by atoms with E-state index in [9.17, 15) is 0 Å². The average molecular weight is 144 g/mol. The zero-order valence-corrected chi connectivity index (χ0v) is 6.96. The van der Waals surface area contributed by atoms with Gasteiger partial charge in [0.15, 0.2) is 6.29 Å². The molecule has 0 aliphatic carbocycles. The fraction of sp³-hybridized carbons (Fsp3) is 1.00. The number of hydrogen-bond acceptors (Lipinski definition) is 2. The van der Waals surface area contributed by atoms with Gasteiger partial charge in [-0.15, -0.1) is 0 Å². The molecule has 2 unspecified atom stereocenters.